The summed E-state index contributed by atoms with van der Waals surface area (Å²) in [6.45, 7) is 2.49. The van der Waals surface area contributed by atoms with Crippen LogP contribution in [0.15, 0.2) is 29.3 Å². The van der Waals surface area contributed by atoms with Crippen molar-refractivity contribution < 1.29 is 13.9 Å². The van der Waals surface area contributed by atoms with Crippen molar-refractivity contribution in [2.45, 2.75) is 6.10 Å². The molecule has 1 saturated heterocycles. The zero-order valence-electron chi connectivity index (χ0n) is 12.0. The fourth-order valence-electron chi connectivity index (χ4n) is 2.37. The third-order valence-corrected chi connectivity index (χ3v) is 5.77. The number of ether oxygens (including phenoxy) is 1. The van der Waals surface area contributed by atoms with E-state index in [1.165, 1.54) is 23.9 Å². The topological polar surface area (TPSA) is 41.9 Å². The molecule has 0 saturated carbocycles. The monoisotopic (exact) mass is 340 g/mol. The number of thioether (sulfide) groups is 2. The molecule has 0 aromatic heterocycles. The maximum absolute atomic E-state index is 13.0. The molecular formula is C15H17FN2O2S2. The largest absolute Gasteiger partial charge is 0.370 e. The minimum absolute atomic E-state index is 0.107. The summed E-state index contributed by atoms with van der Waals surface area (Å²) in [6, 6.07) is 6.27. The van der Waals surface area contributed by atoms with Gasteiger partial charge in [-0.3, -0.25) is 9.79 Å². The van der Waals surface area contributed by atoms with Crippen LogP contribution in [0.5, 0.6) is 0 Å². The van der Waals surface area contributed by atoms with Crippen LogP contribution in [0.3, 0.4) is 0 Å². The minimum atomic E-state index is -0.265. The Morgan fingerprint density at radius 2 is 2.27 bits per heavy atom. The molecule has 7 heteroatoms. The van der Waals surface area contributed by atoms with E-state index in [0.29, 0.717) is 25.4 Å². The van der Waals surface area contributed by atoms with Gasteiger partial charge in [0.05, 0.1) is 25.4 Å². The van der Waals surface area contributed by atoms with E-state index >= 15 is 0 Å². The van der Waals surface area contributed by atoms with Gasteiger partial charge in [-0.1, -0.05) is 35.7 Å². The standard InChI is InChI=1S/C15H17FN2O2S2/c16-12-3-1-11(2-4-12)13-9-18(6-7-20-13)14(19)10-22-15-17-5-8-21-15/h1-4,13H,5-10H2. The highest BCUT2D eigenvalue weighted by molar-refractivity contribution is 8.39. The number of hydrogen-bond acceptors (Lipinski definition) is 5. The van der Waals surface area contributed by atoms with E-state index in [4.69, 9.17) is 4.74 Å². The molecule has 0 bridgehead atoms. The van der Waals surface area contributed by atoms with Crippen molar-refractivity contribution in [3.8, 4) is 0 Å². The number of rotatable bonds is 3. The van der Waals surface area contributed by atoms with Crippen molar-refractivity contribution in [3.63, 3.8) is 0 Å². The summed E-state index contributed by atoms with van der Waals surface area (Å²) in [6.07, 6.45) is -0.179. The molecule has 2 heterocycles. The van der Waals surface area contributed by atoms with Crippen LogP contribution in [0.4, 0.5) is 4.39 Å². The minimum Gasteiger partial charge on any atom is -0.370 e. The lowest BCUT2D eigenvalue weighted by Crippen LogP contribution is -2.43. The highest BCUT2D eigenvalue weighted by Gasteiger charge is 2.25. The summed E-state index contributed by atoms with van der Waals surface area (Å²) in [5.41, 5.74) is 0.905. The number of nitrogens with zero attached hydrogens (tertiary/aromatic N) is 2. The maximum Gasteiger partial charge on any atom is 0.233 e. The Morgan fingerprint density at radius 1 is 1.45 bits per heavy atom. The van der Waals surface area contributed by atoms with Crippen molar-refractivity contribution in [2.75, 3.05) is 37.7 Å². The first-order valence-electron chi connectivity index (χ1n) is 7.17. The Labute approximate surface area is 137 Å². The lowest BCUT2D eigenvalue weighted by molar-refractivity contribution is -0.136. The average molecular weight is 340 g/mol. The summed E-state index contributed by atoms with van der Waals surface area (Å²) >= 11 is 3.23. The number of amides is 1. The first kappa shape index (κ1) is 15.8. The van der Waals surface area contributed by atoms with E-state index in [1.54, 1.807) is 23.9 Å². The Balaban J connectivity index is 1.55. The van der Waals surface area contributed by atoms with Crippen LogP contribution in [-0.4, -0.2) is 52.9 Å². The molecule has 1 unspecified atom stereocenters. The molecule has 1 aromatic rings. The van der Waals surface area contributed by atoms with Gasteiger partial charge >= 0.3 is 0 Å². The Bertz CT molecular complexity index is 565. The molecule has 1 fully saturated rings. The van der Waals surface area contributed by atoms with E-state index in [2.05, 4.69) is 4.99 Å². The summed E-state index contributed by atoms with van der Waals surface area (Å²) in [4.78, 5) is 18.5. The predicted octanol–water partition coefficient (Wildman–Crippen LogP) is 2.56. The van der Waals surface area contributed by atoms with Crippen molar-refractivity contribution in [1.29, 1.82) is 0 Å². The smallest absolute Gasteiger partial charge is 0.233 e. The molecule has 0 N–H and O–H groups in total. The molecule has 1 amide bonds. The lowest BCUT2D eigenvalue weighted by Gasteiger charge is -2.33. The van der Waals surface area contributed by atoms with E-state index in [9.17, 15) is 9.18 Å². The molecule has 0 radical (unpaired) electrons. The van der Waals surface area contributed by atoms with E-state index in [0.717, 1.165) is 22.2 Å². The van der Waals surface area contributed by atoms with Crippen molar-refractivity contribution >= 4 is 33.8 Å². The van der Waals surface area contributed by atoms with Gasteiger partial charge in [0.1, 0.15) is 16.3 Å². The molecule has 118 valence electrons. The van der Waals surface area contributed by atoms with Crippen LogP contribution in [0.2, 0.25) is 0 Å². The zero-order chi connectivity index (χ0) is 15.4. The molecule has 3 rings (SSSR count). The summed E-state index contributed by atoms with van der Waals surface area (Å²) < 4.78 is 19.7. The summed E-state index contributed by atoms with van der Waals surface area (Å²) in [7, 11) is 0. The molecular weight excluding hydrogens is 323 g/mol. The first-order chi connectivity index (χ1) is 10.7. The van der Waals surface area contributed by atoms with Crippen LogP contribution in [0.25, 0.3) is 0 Å². The predicted molar refractivity (Wildman–Crippen MR) is 88.9 cm³/mol. The number of benzene rings is 1. The SMILES string of the molecule is O=C(CSC1=NCCS1)N1CCOC(c2ccc(F)cc2)C1. The van der Waals surface area contributed by atoms with Gasteiger partial charge in [-0.05, 0) is 17.7 Å². The number of morpholine rings is 1. The highest BCUT2D eigenvalue weighted by Crippen LogP contribution is 2.25. The fourth-order valence-corrected chi connectivity index (χ4v) is 4.28. The number of halogens is 1. The van der Waals surface area contributed by atoms with Crippen molar-refractivity contribution in [2.24, 2.45) is 4.99 Å². The zero-order valence-corrected chi connectivity index (χ0v) is 13.7. The van der Waals surface area contributed by atoms with Gasteiger partial charge in [-0.15, -0.1) is 0 Å². The van der Waals surface area contributed by atoms with E-state index in [-0.39, 0.29) is 17.8 Å². The van der Waals surface area contributed by atoms with Crippen LogP contribution in [-0.2, 0) is 9.53 Å². The number of aliphatic imine (C=N–C) groups is 1. The van der Waals surface area contributed by atoms with Crippen LogP contribution in [0.1, 0.15) is 11.7 Å². The number of hydrogen-bond donors (Lipinski definition) is 0. The van der Waals surface area contributed by atoms with Crippen LogP contribution >= 0.6 is 23.5 Å². The normalized spacial score (nSPS) is 21.8. The molecule has 0 aliphatic carbocycles. The fraction of sp³-hybridized carbons (Fsp3) is 0.467. The molecule has 0 spiro atoms. The second kappa shape index (κ2) is 7.48. The molecule has 2 aliphatic rings. The van der Waals surface area contributed by atoms with Crippen molar-refractivity contribution in [1.82, 2.24) is 4.90 Å². The molecule has 4 nitrogen and oxygen atoms in total. The average Bonchev–Trinajstić information content (AvgIpc) is 3.07. The van der Waals surface area contributed by atoms with Gasteiger partial charge in [0.25, 0.3) is 0 Å². The van der Waals surface area contributed by atoms with E-state index in [1.807, 2.05) is 4.90 Å². The van der Waals surface area contributed by atoms with Gasteiger partial charge in [0.2, 0.25) is 5.91 Å². The maximum atomic E-state index is 13.0. The third kappa shape index (κ3) is 4.02. The van der Waals surface area contributed by atoms with Gasteiger partial charge < -0.3 is 9.64 Å². The van der Waals surface area contributed by atoms with Gasteiger partial charge in [0.15, 0.2) is 0 Å². The van der Waals surface area contributed by atoms with Gasteiger partial charge in [-0.25, -0.2) is 4.39 Å². The van der Waals surface area contributed by atoms with Gasteiger partial charge in [0, 0.05) is 12.3 Å². The van der Waals surface area contributed by atoms with Crippen molar-refractivity contribution in [3.05, 3.63) is 35.6 Å². The van der Waals surface area contributed by atoms with Crippen LogP contribution in [0, 0.1) is 5.82 Å². The molecule has 1 aromatic carbocycles. The van der Waals surface area contributed by atoms with Crippen LogP contribution < -0.4 is 0 Å². The Hall–Kier alpha value is -1.05. The Morgan fingerprint density at radius 3 is 3.00 bits per heavy atom. The van der Waals surface area contributed by atoms with E-state index < -0.39 is 0 Å². The first-order valence-corrected chi connectivity index (χ1v) is 9.14. The molecule has 1 atom stereocenters. The number of carbonyl (C=O) groups is 1. The molecule has 2 aliphatic heterocycles. The summed E-state index contributed by atoms with van der Waals surface area (Å²) in [5.74, 6) is 1.28. The lowest BCUT2D eigenvalue weighted by atomic mass is 10.1. The highest BCUT2D eigenvalue weighted by atomic mass is 32.2. The third-order valence-electron chi connectivity index (χ3n) is 3.54. The Kier molecular flexibility index (Phi) is 5.38. The number of carbonyl (C=O) groups excluding carboxylic acids is 1. The summed E-state index contributed by atoms with van der Waals surface area (Å²) in [5, 5.41) is 0. The van der Waals surface area contributed by atoms with Gasteiger partial charge in [-0.2, -0.15) is 0 Å². The molecule has 22 heavy (non-hydrogen) atoms. The quantitative estimate of drug-likeness (QED) is 0.848. The second-order valence-corrected chi connectivity index (χ2v) is 7.34. The second-order valence-electron chi connectivity index (χ2n) is 5.04.